The van der Waals surface area contributed by atoms with Crippen molar-refractivity contribution in [2.75, 3.05) is 0 Å². The summed E-state index contributed by atoms with van der Waals surface area (Å²) in [7, 11) is 0. The second-order valence-electron chi connectivity index (χ2n) is 3.46. The lowest BCUT2D eigenvalue weighted by Crippen LogP contribution is -1.90. The standard InChI is InChI=1S/C12H6ClN3O2/c13-12-7-15-6-11(10(12)5-14)8-1-3-9(4-2-8)16(17)18/h1-4,6-7H. The fraction of sp³-hybridized carbons (Fsp3) is 0. The molecule has 0 unspecified atom stereocenters. The van der Waals surface area contributed by atoms with Gasteiger partial charge in [-0.25, -0.2) is 0 Å². The normalized spacial score (nSPS) is 9.78. The maximum atomic E-state index is 10.5. The molecular formula is C12H6ClN3O2. The van der Waals surface area contributed by atoms with Crippen molar-refractivity contribution in [2.24, 2.45) is 0 Å². The second kappa shape index (κ2) is 4.82. The zero-order valence-electron chi connectivity index (χ0n) is 9.00. The Morgan fingerprint density at radius 1 is 1.28 bits per heavy atom. The third-order valence-corrected chi connectivity index (χ3v) is 2.69. The van der Waals surface area contributed by atoms with Crippen LogP contribution >= 0.6 is 11.6 Å². The Balaban J connectivity index is 2.53. The molecule has 1 heterocycles. The van der Waals surface area contributed by atoms with Gasteiger partial charge in [0.25, 0.3) is 5.69 Å². The molecule has 0 radical (unpaired) electrons. The molecule has 0 N–H and O–H groups in total. The zero-order valence-corrected chi connectivity index (χ0v) is 9.76. The van der Waals surface area contributed by atoms with Gasteiger partial charge in [0.1, 0.15) is 6.07 Å². The minimum atomic E-state index is -0.481. The molecular weight excluding hydrogens is 254 g/mol. The average molecular weight is 260 g/mol. The van der Waals surface area contributed by atoms with Gasteiger partial charge in [-0.2, -0.15) is 5.26 Å². The van der Waals surface area contributed by atoms with E-state index in [0.717, 1.165) is 0 Å². The molecule has 0 aliphatic heterocycles. The predicted octanol–water partition coefficient (Wildman–Crippen LogP) is 3.18. The van der Waals surface area contributed by atoms with Crippen LogP contribution in [0.5, 0.6) is 0 Å². The zero-order chi connectivity index (χ0) is 13.1. The predicted molar refractivity (Wildman–Crippen MR) is 66.1 cm³/mol. The van der Waals surface area contributed by atoms with Crippen molar-refractivity contribution in [3.8, 4) is 17.2 Å². The minimum Gasteiger partial charge on any atom is -0.262 e. The fourth-order valence-corrected chi connectivity index (χ4v) is 1.73. The van der Waals surface area contributed by atoms with E-state index in [2.05, 4.69) is 4.98 Å². The molecule has 88 valence electrons. The van der Waals surface area contributed by atoms with E-state index in [1.54, 1.807) is 12.1 Å². The highest BCUT2D eigenvalue weighted by Gasteiger charge is 2.11. The smallest absolute Gasteiger partial charge is 0.262 e. The van der Waals surface area contributed by atoms with Crippen molar-refractivity contribution >= 4 is 17.3 Å². The summed E-state index contributed by atoms with van der Waals surface area (Å²) >= 11 is 5.87. The number of hydrogen-bond acceptors (Lipinski definition) is 4. The second-order valence-corrected chi connectivity index (χ2v) is 3.87. The third kappa shape index (κ3) is 2.14. The number of nitrogens with zero attached hydrogens (tertiary/aromatic N) is 3. The van der Waals surface area contributed by atoms with Gasteiger partial charge in [0.15, 0.2) is 0 Å². The lowest BCUT2D eigenvalue weighted by atomic mass is 10.0. The molecule has 18 heavy (non-hydrogen) atoms. The van der Waals surface area contributed by atoms with Crippen LogP contribution in [0, 0.1) is 21.4 Å². The molecule has 0 atom stereocenters. The minimum absolute atomic E-state index is 0.00718. The number of nitriles is 1. The van der Waals surface area contributed by atoms with Crippen molar-refractivity contribution in [2.45, 2.75) is 0 Å². The van der Waals surface area contributed by atoms with Gasteiger partial charge in [-0.1, -0.05) is 11.6 Å². The molecule has 0 aliphatic carbocycles. The van der Waals surface area contributed by atoms with Gasteiger partial charge in [0.2, 0.25) is 0 Å². The summed E-state index contributed by atoms with van der Waals surface area (Å²) in [5.74, 6) is 0. The number of aromatic nitrogens is 1. The number of rotatable bonds is 2. The van der Waals surface area contributed by atoms with Gasteiger partial charge in [-0.15, -0.1) is 0 Å². The van der Waals surface area contributed by atoms with Crippen molar-refractivity contribution in [1.29, 1.82) is 5.26 Å². The summed E-state index contributed by atoms with van der Waals surface area (Å²) in [6.45, 7) is 0. The Hall–Kier alpha value is -2.45. The molecule has 0 spiro atoms. The van der Waals surface area contributed by atoms with Crippen LogP contribution in [0.15, 0.2) is 36.7 Å². The van der Waals surface area contributed by atoms with Crippen LogP contribution in [0.25, 0.3) is 11.1 Å². The summed E-state index contributed by atoms with van der Waals surface area (Å²) in [5, 5.41) is 19.8. The maximum absolute atomic E-state index is 10.5. The topological polar surface area (TPSA) is 79.8 Å². The number of hydrogen-bond donors (Lipinski definition) is 0. The van der Waals surface area contributed by atoms with Crippen LogP contribution in [0.4, 0.5) is 5.69 Å². The Kier molecular flexibility index (Phi) is 3.22. The highest BCUT2D eigenvalue weighted by atomic mass is 35.5. The summed E-state index contributed by atoms with van der Waals surface area (Å²) in [4.78, 5) is 14.0. The maximum Gasteiger partial charge on any atom is 0.269 e. The van der Waals surface area contributed by atoms with E-state index in [4.69, 9.17) is 16.9 Å². The molecule has 1 aromatic heterocycles. The van der Waals surface area contributed by atoms with Crippen molar-refractivity contribution < 1.29 is 4.92 Å². The number of nitro groups is 1. The molecule has 0 saturated carbocycles. The molecule has 0 aliphatic rings. The van der Waals surface area contributed by atoms with Gasteiger partial charge in [-0.05, 0) is 17.7 Å². The van der Waals surface area contributed by atoms with E-state index in [-0.39, 0.29) is 10.7 Å². The highest BCUT2D eigenvalue weighted by molar-refractivity contribution is 6.32. The molecule has 0 saturated heterocycles. The first-order valence-electron chi connectivity index (χ1n) is 4.92. The molecule has 2 aromatic rings. The SMILES string of the molecule is N#Cc1c(Cl)cncc1-c1ccc([N+](=O)[O-])cc1. The molecule has 0 bridgehead atoms. The molecule has 0 fully saturated rings. The fourth-order valence-electron chi connectivity index (χ4n) is 1.53. The number of non-ortho nitro benzene ring substituents is 1. The van der Waals surface area contributed by atoms with E-state index in [0.29, 0.717) is 16.7 Å². The monoisotopic (exact) mass is 259 g/mol. The van der Waals surface area contributed by atoms with E-state index in [9.17, 15) is 10.1 Å². The molecule has 6 heteroatoms. The first kappa shape index (κ1) is 12.0. The Bertz CT molecular complexity index is 647. The lowest BCUT2D eigenvalue weighted by molar-refractivity contribution is -0.384. The number of benzene rings is 1. The van der Waals surface area contributed by atoms with Crippen molar-refractivity contribution in [3.63, 3.8) is 0 Å². The van der Waals surface area contributed by atoms with Crippen LogP contribution < -0.4 is 0 Å². The van der Waals surface area contributed by atoms with E-state index < -0.39 is 4.92 Å². The van der Waals surface area contributed by atoms with E-state index in [1.807, 2.05) is 6.07 Å². The van der Waals surface area contributed by atoms with Crippen LogP contribution in [0.1, 0.15) is 5.56 Å². The Labute approximate surface area is 107 Å². The molecule has 0 amide bonds. The van der Waals surface area contributed by atoms with Gasteiger partial charge in [-0.3, -0.25) is 15.1 Å². The van der Waals surface area contributed by atoms with Gasteiger partial charge in [0.05, 0.1) is 15.5 Å². The van der Waals surface area contributed by atoms with Gasteiger partial charge in [0, 0.05) is 30.1 Å². The molecule has 2 rings (SSSR count). The number of nitro benzene ring substituents is 1. The van der Waals surface area contributed by atoms with Crippen molar-refractivity contribution in [1.82, 2.24) is 4.98 Å². The number of halogens is 1. The van der Waals surface area contributed by atoms with Crippen LogP contribution in [-0.4, -0.2) is 9.91 Å². The largest absolute Gasteiger partial charge is 0.269 e. The molecule has 1 aromatic carbocycles. The average Bonchev–Trinajstić information content (AvgIpc) is 2.38. The Morgan fingerprint density at radius 2 is 1.94 bits per heavy atom. The van der Waals surface area contributed by atoms with E-state index in [1.165, 1.54) is 24.5 Å². The number of pyridine rings is 1. The van der Waals surface area contributed by atoms with Gasteiger partial charge < -0.3 is 0 Å². The quantitative estimate of drug-likeness (QED) is 0.613. The highest BCUT2D eigenvalue weighted by Crippen LogP contribution is 2.28. The summed E-state index contributed by atoms with van der Waals surface area (Å²) in [6, 6.07) is 7.86. The third-order valence-electron chi connectivity index (χ3n) is 2.40. The summed E-state index contributed by atoms with van der Waals surface area (Å²) in [5.41, 5.74) is 1.51. The first-order chi connectivity index (χ1) is 8.63. The van der Waals surface area contributed by atoms with Crippen LogP contribution in [0.2, 0.25) is 5.02 Å². The van der Waals surface area contributed by atoms with Crippen LogP contribution in [-0.2, 0) is 0 Å². The molecule has 5 nitrogen and oxygen atoms in total. The first-order valence-corrected chi connectivity index (χ1v) is 5.29. The lowest BCUT2D eigenvalue weighted by Gasteiger charge is -2.04. The van der Waals surface area contributed by atoms with Gasteiger partial charge >= 0.3 is 0 Å². The van der Waals surface area contributed by atoms with E-state index >= 15 is 0 Å². The Morgan fingerprint density at radius 3 is 2.50 bits per heavy atom. The summed E-state index contributed by atoms with van der Waals surface area (Å²) < 4.78 is 0. The van der Waals surface area contributed by atoms with Crippen molar-refractivity contribution in [3.05, 3.63) is 57.4 Å². The van der Waals surface area contributed by atoms with Crippen LogP contribution in [0.3, 0.4) is 0 Å². The summed E-state index contributed by atoms with van der Waals surface area (Å²) in [6.07, 6.45) is 2.89.